The average Bonchev–Trinajstić information content (AvgIpc) is 2.26. The zero-order valence-corrected chi connectivity index (χ0v) is 11.1. The number of phenolic OH excluding ortho intramolecular Hbond substituents is 1. The molecule has 3 nitrogen and oxygen atoms in total. The standard InChI is InChI=1S/C10H11Br2NO2/c11-6-1-2-7(12)10(14)9(6)8-5-15-4-3-13-8/h1-2,8,13-14H,3-5H2/t8-/m0/s1. The van der Waals surface area contributed by atoms with Gasteiger partial charge in [-0.15, -0.1) is 0 Å². The maximum Gasteiger partial charge on any atom is 0.135 e. The van der Waals surface area contributed by atoms with Crippen molar-refractivity contribution in [1.82, 2.24) is 5.32 Å². The summed E-state index contributed by atoms with van der Waals surface area (Å²) in [6, 6.07) is 3.77. The number of aromatic hydroxyl groups is 1. The number of phenols is 1. The molecule has 1 aliphatic rings. The van der Waals surface area contributed by atoms with E-state index in [9.17, 15) is 5.11 Å². The quantitative estimate of drug-likeness (QED) is 0.828. The molecule has 0 radical (unpaired) electrons. The molecule has 0 aliphatic carbocycles. The third kappa shape index (κ3) is 2.36. The van der Waals surface area contributed by atoms with Crippen LogP contribution in [0.1, 0.15) is 11.6 Å². The Balaban J connectivity index is 2.36. The lowest BCUT2D eigenvalue weighted by Crippen LogP contribution is -2.34. The molecule has 1 heterocycles. The Bertz CT molecular complexity index is 365. The van der Waals surface area contributed by atoms with E-state index in [1.807, 2.05) is 12.1 Å². The van der Waals surface area contributed by atoms with Crippen LogP contribution in [-0.4, -0.2) is 24.9 Å². The monoisotopic (exact) mass is 335 g/mol. The highest BCUT2D eigenvalue weighted by Gasteiger charge is 2.22. The van der Waals surface area contributed by atoms with Crippen molar-refractivity contribution in [3.63, 3.8) is 0 Å². The van der Waals surface area contributed by atoms with E-state index in [1.165, 1.54) is 0 Å². The summed E-state index contributed by atoms with van der Waals surface area (Å²) in [5, 5.41) is 13.3. The Morgan fingerprint density at radius 1 is 1.33 bits per heavy atom. The van der Waals surface area contributed by atoms with Crippen molar-refractivity contribution in [2.75, 3.05) is 19.8 Å². The summed E-state index contributed by atoms with van der Waals surface area (Å²) in [6.07, 6.45) is 0. The molecule has 1 fully saturated rings. The van der Waals surface area contributed by atoms with Gasteiger partial charge in [-0.1, -0.05) is 15.9 Å². The molecule has 1 saturated heterocycles. The van der Waals surface area contributed by atoms with Gasteiger partial charge in [0, 0.05) is 16.6 Å². The van der Waals surface area contributed by atoms with Crippen molar-refractivity contribution in [3.05, 3.63) is 26.6 Å². The molecule has 0 bridgehead atoms. The van der Waals surface area contributed by atoms with Crippen LogP contribution in [0.25, 0.3) is 0 Å². The minimum atomic E-state index is 0.0469. The third-order valence-electron chi connectivity index (χ3n) is 2.38. The highest BCUT2D eigenvalue weighted by atomic mass is 79.9. The molecule has 2 rings (SSSR count). The van der Waals surface area contributed by atoms with E-state index < -0.39 is 0 Å². The van der Waals surface area contributed by atoms with Crippen LogP contribution in [0.4, 0.5) is 0 Å². The van der Waals surface area contributed by atoms with Crippen molar-refractivity contribution in [3.8, 4) is 5.75 Å². The lowest BCUT2D eigenvalue weighted by atomic mass is 10.1. The largest absolute Gasteiger partial charge is 0.506 e. The first-order valence-corrected chi connectivity index (χ1v) is 6.26. The van der Waals surface area contributed by atoms with Gasteiger partial charge in [0.25, 0.3) is 0 Å². The molecule has 1 aromatic rings. The van der Waals surface area contributed by atoms with Crippen molar-refractivity contribution < 1.29 is 9.84 Å². The van der Waals surface area contributed by atoms with E-state index in [-0.39, 0.29) is 11.8 Å². The molecule has 1 aromatic carbocycles. The number of morpholine rings is 1. The Hall–Kier alpha value is -0.100. The molecule has 0 aromatic heterocycles. The molecule has 0 saturated carbocycles. The molecule has 0 unspecified atom stereocenters. The van der Waals surface area contributed by atoms with E-state index in [0.717, 1.165) is 23.2 Å². The molecular weight excluding hydrogens is 326 g/mol. The number of hydrogen-bond acceptors (Lipinski definition) is 3. The number of benzene rings is 1. The Morgan fingerprint density at radius 3 is 2.73 bits per heavy atom. The van der Waals surface area contributed by atoms with Gasteiger partial charge in [-0.05, 0) is 28.1 Å². The fourth-order valence-electron chi connectivity index (χ4n) is 1.64. The summed E-state index contributed by atoms with van der Waals surface area (Å²) in [7, 11) is 0. The van der Waals surface area contributed by atoms with Crippen LogP contribution in [0.3, 0.4) is 0 Å². The van der Waals surface area contributed by atoms with E-state index >= 15 is 0 Å². The number of rotatable bonds is 1. The predicted octanol–water partition coefficient (Wildman–Crippen LogP) is 2.58. The van der Waals surface area contributed by atoms with Crippen molar-refractivity contribution >= 4 is 31.9 Å². The smallest absolute Gasteiger partial charge is 0.135 e. The van der Waals surface area contributed by atoms with Crippen molar-refractivity contribution in [2.45, 2.75) is 6.04 Å². The van der Waals surface area contributed by atoms with Crippen LogP contribution in [0, 0.1) is 0 Å². The van der Waals surface area contributed by atoms with Gasteiger partial charge < -0.3 is 15.2 Å². The van der Waals surface area contributed by atoms with Crippen LogP contribution < -0.4 is 5.32 Å². The fraction of sp³-hybridized carbons (Fsp3) is 0.400. The molecule has 0 amide bonds. The summed E-state index contributed by atoms with van der Waals surface area (Å²) in [5.74, 6) is 0.271. The SMILES string of the molecule is Oc1c(Br)ccc(Br)c1[C@@H]1COCCN1. The van der Waals surface area contributed by atoms with E-state index in [1.54, 1.807) is 0 Å². The minimum Gasteiger partial charge on any atom is -0.506 e. The highest BCUT2D eigenvalue weighted by molar-refractivity contribution is 9.11. The van der Waals surface area contributed by atoms with Gasteiger partial charge in [0.1, 0.15) is 5.75 Å². The van der Waals surface area contributed by atoms with E-state index in [2.05, 4.69) is 37.2 Å². The van der Waals surface area contributed by atoms with Crippen LogP contribution in [0.2, 0.25) is 0 Å². The summed E-state index contributed by atoms with van der Waals surface area (Å²) in [6.45, 7) is 2.12. The van der Waals surface area contributed by atoms with Gasteiger partial charge in [0.2, 0.25) is 0 Å². The first kappa shape index (κ1) is 11.4. The fourth-order valence-corrected chi connectivity index (χ4v) is 2.58. The minimum absolute atomic E-state index is 0.0469. The summed E-state index contributed by atoms with van der Waals surface area (Å²) < 4.78 is 6.97. The number of halogens is 2. The zero-order valence-electron chi connectivity index (χ0n) is 7.96. The van der Waals surface area contributed by atoms with Crippen LogP contribution >= 0.6 is 31.9 Å². The second-order valence-corrected chi connectivity index (χ2v) is 5.08. The van der Waals surface area contributed by atoms with Crippen LogP contribution in [-0.2, 0) is 4.74 Å². The van der Waals surface area contributed by atoms with Gasteiger partial charge in [-0.25, -0.2) is 0 Å². The normalized spacial score (nSPS) is 21.6. The van der Waals surface area contributed by atoms with E-state index in [4.69, 9.17) is 4.74 Å². The average molecular weight is 337 g/mol. The number of ether oxygens (including phenoxy) is 1. The van der Waals surface area contributed by atoms with Gasteiger partial charge in [0.15, 0.2) is 0 Å². The molecule has 5 heteroatoms. The van der Waals surface area contributed by atoms with Crippen LogP contribution in [0.5, 0.6) is 5.75 Å². The molecule has 15 heavy (non-hydrogen) atoms. The third-order valence-corrected chi connectivity index (χ3v) is 3.72. The van der Waals surface area contributed by atoms with Gasteiger partial charge in [0.05, 0.1) is 23.7 Å². The Labute approximate surface area is 105 Å². The second-order valence-electron chi connectivity index (χ2n) is 3.37. The lowest BCUT2D eigenvalue weighted by molar-refractivity contribution is 0.0758. The maximum atomic E-state index is 9.96. The first-order valence-electron chi connectivity index (χ1n) is 4.68. The Kier molecular flexibility index (Phi) is 3.66. The van der Waals surface area contributed by atoms with Gasteiger partial charge in [-0.2, -0.15) is 0 Å². The molecule has 82 valence electrons. The second kappa shape index (κ2) is 4.82. The Morgan fingerprint density at radius 2 is 2.07 bits per heavy atom. The summed E-state index contributed by atoms with van der Waals surface area (Å²) >= 11 is 6.75. The van der Waals surface area contributed by atoms with Gasteiger partial charge in [-0.3, -0.25) is 0 Å². The van der Waals surface area contributed by atoms with Crippen molar-refractivity contribution in [2.24, 2.45) is 0 Å². The first-order chi connectivity index (χ1) is 7.20. The van der Waals surface area contributed by atoms with Gasteiger partial charge >= 0.3 is 0 Å². The molecular formula is C10H11Br2NO2. The molecule has 1 atom stereocenters. The molecule has 2 N–H and O–H groups in total. The topological polar surface area (TPSA) is 41.5 Å². The number of nitrogens with one attached hydrogen (secondary N) is 1. The molecule has 0 spiro atoms. The zero-order chi connectivity index (χ0) is 10.8. The van der Waals surface area contributed by atoms with Crippen molar-refractivity contribution in [1.29, 1.82) is 0 Å². The number of hydrogen-bond donors (Lipinski definition) is 2. The summed E-state index contributed by atoms with van der Waals surface area (Å²) in [4.78, 5) is 0. The lowest BCUT2D eigenvalue weighted by Gasteiger charge is -2.25. The molecule has 1 aliphatic heterocycles. The highest BCUT2D eigenvalue weighted by Crippen LogP contribution is 2.37. The van der Waals surface area contributed by atoms with E-state index in [0.29, 0.717) is 11.1 Å². The maximum absolute atomic E-state index is 9.96. The predicted molar refractivity (Wildman–Crippen MR) is 65.1 cm³/mol. The van der Waals surface area contributed by atoms with Crippen LogP contribution in [0.15, 0.2) is 21.1 Å². The summed E-state index contributed by atoms with van der Waals surface area (Å²) in [5.41, 5.74) is 0.851.